The van der Waals surface area contributed by atoms with Gasteiger partial charge in [-0.05, 0) is 18.8 Å². The second-order valence-corrected chi connectivity index (χ2v) is 2.98. The van der Waals surface area contributed by atoms with Gasteiger partial charge in [-0.1, -0.05) is 19.3 Å². The van der Waals surface area contributed by atoms with Gasteiger partial charge in [-0.2, -0.15) is 0 Å². The van der Waals surface area contributed by atoms with E-state index in [9.17, 15) is 0 Å². The van der Waals surface area contributed by atoms with Gasteiger partial charge in [0.2, 0.25) is 0 Å². The molecular weight excluding hydrogens is 122 g/mol. The molecule has 1 fully saturated rings. The molecule has 0 amide bonds. The van der Waals surface area contributed by atoms with Crippen LogP contribution in [0.5, 0.6) is 0 Å². The predicted molar refractivity (Wildman–Crippen MR) is 43.6 cm³/mol. The van der Waals surface area contributed by atoms with Gasteiger partial charge in [-0.15, -0.1) is 6.42 Å². The normalized spacial score (nSPS) is 29.6. The largest absolute Gasteiger partial charge is 0.303 e. The summed E-state index contributed by atoms with van der Waals surface area (Å²) in [5.41, 5.74) is 0. The zero-order chi connectivity index (χ0) is 7.40. The van der Waals surface area contributed by atoms with E-state index in [1.54, 1.807) is 0 Å². The van der Waals surface area contributed by atoms with E-state index >= 15 is 0 Å². The third-order valence-corrected chi connectivity index (χ3v) is 2.05. The number of nitrogens with one attached hydrogen (secondary N) is 1. The minimum absolute atomic E-state index is 0.741. The highest BCUT2D eigenvalue weighted by atomic mass is 15.0. The van der Waals surface area contributed by atoms with E-state index in [1.165, 1.54) is 19.3 Å². The van der Waals surface area contributed by atoms with Crippen molar-refractivity contribution in [3.8, 4) is 12.3 Å². The number of rotatable bonds is 4. The van der Waals surface area contributed by atoms with Gasteiger partial charge in [0.15, 0.2) is 0 Å². The molecule has 56 valence electrons. The van der Waals surface area contributed by atoms with Crippen molar-refractivity contribution in [3.05, 3.63) is 0 Å². The topological polar surface area (TPSA) is 12.0 Å². The average Bonchev–Trinajstić information content (AvgIpc) is 2.65. The molecule has 10 heavy (non-hydrogen) atoms. The van der Waals surface area contributed by atoms with Crippen LogP contribution < -0.4 is 5.32 Å². The molecule has 1 rings (SSSR count). The van der Waals surface area contributed by atoms with Crippen LogP contribution >= 0.6 is 0 Å². The van der Waals surface area contributed by atoms with Crippen molar-refractivity contribution >= 4 is 0 Å². The fourth-order valence-electron chi connectivity index (χ4n) is 1.38. The maximum atomic E-state index is 5.11. The van der Waals surface area contributed by atoms with Crippen molar-refractivity contribution in [2.24, 2.45) is 5.92 Å². The molecule has 0 aliphatic heterocycles. The minimum atomic E-state index is 0.741. The summed E-state index contributed by atoms with van der Waals surface area (Å²) in [6.07, 6.45) is 9.12. The number of hydrogen-bond donors (Lipinski definition) is 1. The van der Waals surface area contributed by atoms with E-state index in [4.69, 9.17) is 6.42 Å². The van der Waals surface area contributed by atoms with Gasteiger partial charge in [-0.25, -0.2) is 0 Å². The first-order valence-electron chi connectivity index (χ1n) is 4.05. The molecule has 0 radical (unpaired) electrons. The molecule has 1 N–H and O–H groups in total. The van der Waals surface area contributed by atoms with Crippen molar-refractivity contribution in [3.63, 3.8) is 0 Å². The summed E-state index contributed by atoms with van der Waals surface area (Å²) >= 11 is 0. The lowest BCUT2D eigenvalue weighted by atomic mass is 10.2. The van der Waals surface area contributed by atoms with E-state index in [-0.39, 0.29) is 0 Å². The molecule has 1 aliphatic rings. The van der Waals surface area contributed by atoms with Gasteiger partial charge in [0.05, 0.1) is 6.54 Å². The summed E-state index contributed by atoms with van der Waals surface area (Å²) in [6.45, 7) is 2.97. The second-order valence-electron chi connectivity index (χ2n) is 2.98. The number of terminal acetylenes is 1. The lowest BCUT2D eigenvalue weighted by molar-refractivity contribution is 0.629. The quantitative estimate of drug-likeness (QED) is 0.577. The van der Waals surface area contributed by atoms with Crippen LogP contribution in [0.4, 0.5) is 0 Å². The number of hydrogen-bond acceptors (Lipinski definition) is 1. The lowest BCUT2D eigenvalue weighted by Gasteiger charge is -1.96. The fraction of sp³-hybridized carbons (Fsp3) is 0.778. The molecule has 0 aromatic heterocycles. The van der Waals surface area contributed by atoms with E-state index in [0.717, 1.165) is 18.5 Å². The molecule has 0 bridgehead atoms. The average molecular weight is 137 g/mol. The Morgan fingerprint density at radius 2 is 2.50 bits per heavy atom. The third-order valence-electron chi connectivity index (χ3n) is 2.05. The van der Waals surface area contributed by atoms with E-state index in [1.807, 2.05) is 0 Å². The van der Waals surface area contributed by atoms with Gasteiger partial charge in [-0.3, -0.25) is 0 Å². The van der Waals surface area contributed by atoms with Gasteiger partial charge in [0, 0.05) is 6.04 Å². The smallest absolute Gasteiger partial charge is 0.0576 e. The maximum Gasteiger partial charge on any atom is 0.0576 e. The third kappa shape index (κ3) is 2.04. The Labute approximate surface area is 63.2 Å². The Kier molecular flexibility index (Phi) is 2.77. The lowest BCUT2D eigenvalue weighted by Crippen LogP contribution is -2.17. The first-order chi connectivity index (χ1) is 4.88. The fourth-order valence-corrected chi connectivity index (χ4v) is 1.38. The molecule has 2 atom stereocenters. The molecule has 2 unspecified atom stereocenters. The van der Waals surface area contributed by atoms with E-state index < -0.39 is 0 Å². The second kappa shape index (κ2) is 3.63. The van der Waals surface area contributed by atoms with Crippen molar-refractivity contribution in [2.45, 2.75) is 32.2 Å². The molecule has 0 heterocycles. The Morgan fingerprint density at radius 1 is 1.70 bits per heavy atom. The highest BCUT2D eigenvalue weighted by molar-refractivity contribution is 4.97. The summed E-state index contributed by atoms with van der Waals surface area (Å²) < 4.78 is 0. The van der Waals surface area contributed by atoms with Crippen LogP contribution in [0, 0.1) is 18.3 Å². The molecular formula is C9H15N. The molecule has 1 aliphatic carbocycles. The van der Waals surface area contributed by atoms with Crippen LogP contribution in [-0.2, 0) is 0 Å². The van der Waals surface area contributed by atoms with Crippen LogP contribution in [0.3, 0.4) is 0 Å². The molecule has 1 nitrogen and oxygen atoms in total. The minimum Gasteiger partial charge on any atom is -0.303 e. The van der Waals surface area contributed by atoms with Crippen molar-refractivity contribution in [1.29, 1.82) is 0 Å². The van der Waals surface area contributed by atoms with Crippen LogP contribution in [0.1, 0.15) is 26.2 Å². The molecule has 1 saturated carbocycles. The predicted octanol–water partition coefficient (Wildman–Crippen LogP) is 1.40. The summed E-state index contributed by atoms with van der Waals surface area (Å²) in [4.78, 5) is 0. The van der Waals surface area contributed by atoms with Crippen LogP contribution in [-0.4, -0.2) is 12.6 Å². The Morgan fingerprint density at radius 3 is 3.10 bits per heavy atom. The highest BCUT2D eigenvalue weighted by Gasteiger charge is 2.34. The van der Waals surface area contributed by atoms with Gasteiger partial charge >= 0.3 is 0 Å². The zero-order valence-corrected chi connectivity index (χ0v) is 6.56. The Balaban J connectivity index is 1.98. The molecule has 0 saturated heterocycles. The first-order valence-corrected chi connectivity index (χ1v) is 4.05. The summed E-state index contributed by atoms with van der Waals surface area (Å²) in [5.74, 6) is 3.52. The Hall–Kier alpha value is -0.480. The van der Waals surface area contributed by atoms with Crippen LogP contribution in [0.25, 0.3) is 0 Å². The van der Waals surface area contributed by atoms with Gasteiger partial charge in [0.25, 0.3) is 0 Å². The Bertz CT molecular complexity index is 134. The summed E-state index contributed by atoms with van der Waals surface area (Å²) in [6, 6.07) is 0.746. The van der Waals surface area contributed by atoms with Gasteiger partial charge in [0.1, 0.15) is 0 Å². The van der Waals surface area contributed by atoms with E-state index in [2.05, 4.69) is 18.2 Å². The summed E-state index contributed by atoms with van der Waals surface area (Å²) in [5, 5.41) is 3.31. The first kappa shape index (κ1) is 7.63. The van der Waals surface area contributed by atoms with Crippen molar-refractivity contribution in [1.82, 2.24) is 5.32 Å². The summed E-state index contributed by atoms with van der Waals surface area (Å²) in [7, 11) is 0. The van der Waals surface area contributed by atoms with E-state index in [0.29, 0.717) is 0 Å². The van der Waals surface area contributed by atoms with Crippen molar-refractivity contribution in [2.75, 3.05) is 6.54 Å². The molecule has 0 spiro atoms. The molecule has 0 aromatic carbocycles. The van der Waals surface area contributed by atoms with Crippen molar-refractivity contribution < 1.29 is 0 Å². The molecule has 1 heteroatoms. The standard InChI is InChI=1S/C9H15N/c1-3-5-8-7-9(8)10-6-4-2/h2,8-10H,3,5-7H2,1H3. The van der Waals surface area contributed by atoms with Crippen LogP contribution in [0.15, 0.2) is 0 Å². The zero-order valence-electron chi connectivity index (χ0n) is 6.56. The van der Waals surface area contributed by atoms with Crippen LogP contribution in [0.2, 0.25) is 0 Å². The van der Waals surface area contributed by atoms with Gasteiger partial charge < -0.3 is 5.32 Å². The monoisotopic (exact) mass is 137 g/mol. The maximum absolute atomic E-state index is 5.11. The molecule has 0 aromatic rings. The SMILES string of the molecule is C#CCNC1CC1CCC. The highest BCUT2D eigenvalue weighted by Crippen LogP contribution is 2.34.